The van der Waals surface area contributed by atoms with Crippen LogP contribution in [0.2, 0.25) is 0 Å². The number of rotatable bonds is 4. The van der Waals surface area contributed by atoms with Crippen LogP contribution in [0.15, 0.2) is 61.2 Å². The van der Waals surface area contributed by atoms with Gasteiger partial charge in [-0.2, -0.15) is 0 Å². The average Bonchev–Trinajstić information content (AvgIpc) is 2.26. The van der Waals surface area contributed by atoms with Gasteiger partial charge in [-0.1, -0.05) is 61.2 Å². The quantitative estimate of drug-likeness (QED) is 0.411. The van der Waals surface area contributed by atoms with Gasteiger partial charge in [0.2, 0.25) is 0 Å². The highest BCUT2D eigenvalue weighted by Crippen LogP contribution is 2.10. The molecule has 0 aliphatic rings. The summed E-state index contributed by atoms with van der Waals surface area (Å²) in [6.45, 7) is 9.16. The van der Waals surface area contributed by atoms with Gasteiger partial charge in [-0.3, -0.25) is 4.79 Å². The fraction of sp³-hybridized carbons (Fsp3) is 0.0714. The van der Waals surface area contributed by atoms with Gasteiger partial charge in [-0.25, -0.2) is 0 Å². The number of allylic oxidation sites excluding steroid dienone is 4. The second-order valence-corrected chi connectivity index (χ2v) is 3.26. The van der Waals surface area contributed by atoms with Gasteiger partial charge < -0.3 is 0 Å². The van der Waals surface area contributed by atoms with E-state index < -0.39 is 0 Å². The lowest BCUT2D eigenvalue weighted by Gasteiger charge is -2.01. The van der Waals surface area contributed by atoms with Crippen LogP contribution < -0.4 is 0 Å². The van der Waals surface area contributed by atoms with E-state index in [0.717, 1.165) is 5.56 Å². The van der Waals surface area contributed by atoms with Crippen LogP contribution in [0.4, 0.5) is 0 Å². The number of ketones is 1. The molecule has 0 saturated heterocycles. The third kappa shape index (κ3) is 2.78. The molecular weight excluding hydrogens is 184 g/mol. The van der Waals surface area contributed by atoms with Crippen molar-refractivity contribution < 1.29 is 4.79 Å². The SMILES string of the molecule is C=C/C=C(\C=C)C(=O)c1ccc(C)cc1. The molecule has 0 atom stereocenters. The van der Waals surface area contributed by atoms with Gasteiger partial charge in [0.1, 0.15) is 0 Å². The Bertz CT molecular complexity index is 407. The fourth-order valence-corrected chi connectivity index (χ4v) is 1.23. The Morgan fingerprint density at radius 3 is 2.27 bits per heavy atom. The molecule has 1 rings (SSSR count). The Morgan fingerprint density at radius 1 is 1.20 bits per heavy atom. The molecular formula is C14H14O. The molecule has 0 bridgehead atoms. The highest BCUT2D eigenvalue weighted by atomic mass is 16.1. The summed E-state index contributed by atoms with van der Waals surface area (Å²) in [6, 6.07) is 7.47. The van der Waals surface area contributed by atoms with Crippen LogP contribution in [0.25, 0.3) is 0 Å². The van der Waals surface area contributed by atoms with E-state index in [-0.39, 0.29) is 5.78 Å². The number of benzene rings is 1. The van der Waals surface area contributed by atoms with Crippen molar-refractivity contribution in [2.45, 2.75) is 6.92 Å². The van der Waals surface area contributed by atoms with Crippen LogP contribution in [-0.4, -0.2) is 5.78 Å². The molecule has 0 amide bonds. The molecule has 0 saturated carbocycles. The number of hydrogen-bond donors (Lipinski definition) is 0. The van der Waals surface area contributed by atoms with Gasteiger partial charge in [-0.05, 0) is 6.92 Å². The first-order valence-electron chi connectivity index (χ1n) is 4.75. The molecule has 0 spiro atoms. The second-order valence-electron chi connectivity index (χ2n) is 3.26. The van der Waals surface area contributed by atoms with Gasteiger partial charge in [0, 0.05) is 11.1 Å². The topological polar surface area (TPSA) is 17.1 Å². The molecule has 76 valence electrons. The summed E-state index contributed by atoms with van der Waals surface area (Å²) in [5.41, 5.74) is 2.38. The largest absolute Gasteiger partial charge is 0.289 e. The predicted octanol–water partition coefficient (Wildman–Crippen LogP) is 3.48. The van der Waals surface area contributed by atoms with Crippen molar-refractivity contribution in [3.8, 4) is 0 Å². The maximum atomic E-state index is 11.9. The Morgan fingerprint density at radius 2 is 1.80 bits per heavy atom. The van der Waals surface area contributed by atoms with Gasteiger partial charge in [0.05, 0.1) is 0 Å². The molecule has 0 aliphatic heterocycles. The average molecular weight is 198 g/mol. The maximum Gasteiger partial charge on any atom is 0.192 e. The first-order valence-corrected chi connectivity index (χ1v) is 4.75. The minimum atomic E-state index is -0.0232. The number of hydrogen-bond acceptors (Lipinski definition) is 1. The zero-order valence-electron chi connectivity index (χ0n) is 8.86. The van der Waals surface area contributed by atoms with Crippen LogP contribution in [0, 0.1) is 6.92 Å². The highest BCUT2D eigenvalue weighted by Gasteiger charge is 2.07. The summed E-state index contributed by atoms with van der Waals surface area (Å²) in [5, 5.41) is 0. The second kappa shape index (κ2) is 5.11. The summed E-state index contributed by atoms with van der Waals surface area (Å²) < 4.78 is 0. The smallest absolute Gasteiger partial charge is 0.192 e. The first kappa shape index (κ1) is 11.2. The number of carbonyl (C=O) groups excluding carboxylic acids is 1. The molecule has 1 nitrogen and oxygen atoms in total. The van der Waals surface area contributed by atoms with E-state index in [1.54, 1.807) is 18.2 Å². The third-order valence-corrected chi connectivity index (χ3v) is 2.09. The van der Waals surface area contributed by atoms with Crippen molar-refractivity contribution in [3.05, 3.63) is 72.4 Å². The van der Waals surface area contributed by atoms with E-state index in [1.165, 1.54) is 0 Å². The summed E-state index contributed by atoms with van der Waals surface area (Å²) in [6.07, 6.45) is 4.79. The van der Waals surface area contributed by atoms with Crippen LogP contribution in [-0.2, 0) is 0 Å². The lowest BCUT2D eigenvalue weighted by Crippen LogP contribution is -2.00. The van der Waals surface area contributed by atoms with Gasteiger partial charge >= 0.3 is 0 Å². The summed E-state index contributed by atoms with van der Waals surface area (Å²) in [4.78, 5) is 11.9. The van der Waals surface area contributed by atoms with Gasteiger partial charge in [-0.15, -0.1) is 0 Å². The normalized spacial score (nSPS) is 10.9. The lowest BCUT2D eigenvalue weighted by molar-refractivity contribution is 0.103. The monoisotopic (exact) mass is 198 g/mol. The van der Waals surface area contributed by atoms with Crippen molar-refractivity contribution in [3.63, 3.8) is 0 Å². The van der Waals surface area contributed by atoms with Crippen molar-refractivity contribution in [2.24, 2.45) is 0 Å². The van der Waals surface area contributed by atoms with Crippen LogP contribution in [0.5, 0.6) is 0 Å². The molecule has 15 heavy (non-hydrogen) atoms. The van der Waals surface area contributed by atoms with E-state index in [4.69, 9.17) is 0 Å². The molecule has 0 radical (unpaired) electrons. The maximum absolute atomic E-state index is 11.9. The molecule has 0 N–H and O–H groups in total. The third-order valence-electron chi connectivity index (χ3n) is 2.09. The number of Topliss-reactive ketones (excluding diaryl/α,β-unsaturated/α-hetero) is 1. The van der Waals surface area contributed by atoms with Crippen LogP contribution >= 0.6 is 0 Å². The molecule has 1 aromatic rings. The van der Waals surface area contributed by atoms with E-state index in [2.05, 4.69) is 13.2 Å². The van der Waals surface area contributed by atoms with Crippen molar-refractivity contribution in [1.29, 1.82) is 0 Å². The molecule has 0 fully saturated rings. The van der Waals surface area contributed by atoms with E-state index >= 15 is 0 Å². The molecule has 0 unspecified atom stereocenters. The van der Waals surface area contributed by atoms with E-state index in [1.807, 2.05) is 31.2 Å². The van der Waals surface area contributed by atoms with E-state index in [0.29, 0.717) is 11.1 Å². The standard InChI is InChI=1S/C14H14O/c1-4-6-12(5-2)14(15)13-9-7-11(3)8-10-13/h4-10H,1-2H2,3H3/b12-6+. The molecule has 0 aliphatic carbocycles. The predicted molar refractivity (Wildman–Crippen MR) is 64.0 cm³/mol. The minimum absolute atomic E-state index is 0.0232. The minimum Gasteiger partial charge on any atom is -0.289 e. The Labute approximate surface area is 90.4 Å². The first-order chi connectivity index (χ1) is 7.19. The van der Waals surface area contributed by atoms with Gasteiger partial charge in [0.15, 0.2) is 5.78 Å². The highest BCUT2D eigenvalue weighted by molar-refractivity contribution is 6.10. The lowest BCUT2D eigenvalue weighted by atomic mass is 10.0. The zero-order valence-corrected chi connectivity index (χ0v) is 8.86. The number of aryl methyl sites for hydroxylation is 1. The molecule has 0 aromatic heterocycles. The van der Waals surface area contributed by atoms with Crippen molar-refractivity contribution >= 4 is 5.78 Å². The summed E-state index contributed by atoms with van der Waals surface area (Å²) in [5.74, 6) is -0.0232. The zero-order chi connectivity index (χ0) is 11.3. The molecule has 1 heteroatoms. The Hall–Kier alpha value is -1.89. The van der Waals surface area contributed by atoms with Crippen LogP contribution in [0.3, 0.4) is 0 Å². The molecule has 1 aromatic carbocycles. The summed E-state index contributed by atoms with van der Waals surface area (Å²) in [7, 11) is 0. The van der Waals surface area contributed by atoms with Crippen LogP contribution in [0.1, 0.15) is 15.9 Å². The number of carbonyl (C=O) groups is 1. The van der Waals surface area contributed by atoms with Crippen molar-refractivity contribution in [1.82, 2.24) is 0 Å². The fourth-order valence-electron chi connectivity index (χ4n) is 1.23. The summed E-state index contributed by atoms with van der Waals surface area (Å²) >= 11 is 0. The Kier molecular flexibility index (Phi) is 3.81. The Balaban J connectivity index is 3.03. The van der Waals surface area contributed by atoms with Crippen molar-refractivity contribution in [2.75, 3.05) is 0 Å². The molecule has 0 heterocycles. The van der Waals surface area contributed by atoms with E-state index in [9.17, 15) is 4.79 Å². The van der Waals surface area contributed by atoms with Gasteiger partial charge in [0.25, 0.3) is 0 Å².